The summed E-state index contributed by atoms with van der Waals surface area (Å²) in [5, 5.41) is 0. The van der Waals surface area contributed by atoms with Gasteiger partial charge in [-0.05, 0) is 28.7 Å². The molecule has 1 aliphatic heterocycles. The van der Waals surface area contributed by atoms with Crippen LogP contribution in [0.1, 0.15) is 23.5 Å². The van der Waals surface area contributed by atoms with Gasteiger partial charge >= 0.3 is 12.1 Å². The van der Waals surface area contributed by atoms with E-state index in [1.165, 1.54) is 0 Å². The minimum atomic E-state index is -3.26. The Labute approximate surface area is 169 Å². The molecule has 4 rings (SSSR count). The minimum absolute atomic E-state index is 0.0120. The van der Waals surface area contributed by atoms with Gasteiger partial charge in [0.2, 0.25) is 0 Å². The Morgan fingerprint density at radius 2 is 1.69 bits per heavy atom. The number of rotatable bonds is 5. The van der Waals surface area contributed by atoms with E-state index in [1.807, 2.05) is 48.5 Å². The molecule has 0 saturated carbocycles. The lowest BCUT2D eigenvalue weighted by atomic mass is 9.98. The summed E-state index contributed by atoms with van der Waals surface area (Å²) in [6.45, 7) is -0.111. The summed E-state index contributed by atoms with van der Waals surface area (Å²) in [5.74, 6) is -0.915. The second-order valence-electron chi connectivity index (χ2n) is 7.30. The number of amides is 1. The standard InChI is InChI=1S/C21H21NO6S/c1-29(25,26)11-10-19-20(23)28-13-22(19)21(24)27-12-18-16-8-4-2-6-14(16)15-7-3-5-9-17(15)18/h2-9,18-19H,10-13H2,1H3/t19-/m0/s1. The van der Waals surface area contributed by atoms with E-state index in [2.05, 4.69) is 0 Å². The third-order valence-corrected chi connectivity index (χ3v) is 6.30. The fraction of sp³-hybridized carbons (Fsp3) is 0.333. The number of benzene rings is 2. The predicted molar refractivity (Wildman–Crippen MR) is 106 cm³/mol. The molecule has 8 heteroatoms. The van der Waals surface area contributed by atoms with Gasteiger partial charge in [-0.3, -0.25) is 4.90 Å². The van der Waals surface area contributed by atoms with E-state index in [0.29, 0.717) is 0 Å². The van der Waals surface area contributed by atoms with Gasteiger partial charge in [0, 0.05) is 12.2 Å². The normalized spacial score (nSPS) is 18.3. The van der Waals surface area contributed by atoms with Gasteiger partial charge in [0.15, 0.2) is 6.73 Å². The largest absolute Gasteiger partial charge is 0.448 e. The zero-order valence-electron chi connectivity index (χ0n) is 15.9. The molecule has 0 N–H and O–H groups in total. The molecule has 2 aromatic rings. The second kappa shape index (κ2) is 7.51. The van der Waals surface area contributed by atoms with Gasteiger partial charge in [0.1, 0.15) is 22.5 Å². The maximum absolute atomic E-state index is 12.6. The van der Waals surface area contributed by atoms with Gasteiger partial charge in [0.05, 0.1) is 5.75 Å². The van der Waals surface area contributed by atoms with Crippen LogP contribution in [0.5, 0.6) is 0 Å². The Morgan fingerprint density at radius 3 is 2.28 bits per heavy atom. The van der Waals surface area contributed by atoms with E-state index in [1.54, 1.807) is 0 Å². The maximum Gasteiger partial charge on any atom is 0.413 e. The first-order chi connectivity index (χ1) is 13.8. The van der Waals surface area contributed by atoms with Crippen LogP contribution in [0, 0.1) is 0 Å². The molecule has 2 aliphatic rings. The summed E-state index contributed by atoms with van der Waals surface area (Å²) >= 11 is 0. The molecule has 7 nitrogen and oxygen atoms in total. The molecular weight excluding hydrogens is 394 g/mol. The van der Waals surface area contributed by atoms with Crippen molar-refractivity contribution in [1.29, 1.82) is 0 Å². The van der Waals surface area contributed by atoms with Crippen LogP contribution in [-0.4, -0.2) is 56.8 Å². The van der Waals surface area contributed by atoms with Crippen LogP contribution in [0.3, 0.4) is 0 Å². The number of nitrogens with zero attached hydrogens (tertiary/aromatic N) is 1. The molecule has 1 fully saturated rings. The lowest BCUT2D eigenvalue weighted by Gasteiger charge is -2.21. The Balaban J connectivity index is 1.48. The van der Waals surface area contributed by atoms with Gasteiger partial charge in [-0.1, -0.05) is 48.5 Å². The van der Waals surface area contributed by atoms with Crippen molar-refractivity contribution in [3.63, 3.8) is 0 Å². The van der Waals surface area contributed by atoms with Crippen molar-refractivity contribution in [2.24, 2.45) is 0 Å². The van der Waals surface area contributed by atoms with Gasteiger partial charge < -0.3 is 9.47 Å². The molecule has 0 bridgehead atoms. The number of carbonyl (C=O) groups excluding carboxylic acids is 2. The van der Waals surface area contributed by atoms with Gasteiger partial charge in [-0.15, -0.1) is 0 Å². The zero-order chi connectivity index (χ0) is 20.6. The van der Waals surface area contributed by atoms with Crippen molar-refractivity contribution >= 4 is 21.9 Å². The molecule has 2 aromatic carbocycles. The van der Waals surface area contributed by atoms with Crippen molar-refractivity contribution in [2.45, 2.75) is 18.4 Å². The van der Waals surface area contributed by atoms with Crippen LogP contribution >= 0.6 is 0 Å². The van der Waals surface area contributed by atoms with Crippen molar-refractivity contribution in [2.75, 3.05) is 25.3 Å². The van der Waals surface area contributed by atoms with E-state index in [4.69, 9.17) is 9.47 Å². The Bertz CT molecular complexity index is 1020. The summed E-state index contributed by atoms with van der Waals surface area (Å²) < 4.78 is 33.3. The molecule has 0 radical (unpaired) electrons. The molecule has 29 heavy (non-hydrogen) atoms. The summed E-state index contributed by atoms with van der Waals surface area (Å²) in [5.41, 5.74) is 4.41. The first kappa shape index (κ1) is 19.4. The smallest absolute Gasteiger partial charge is 0.413 e. The van der Waals surface area contributed by atoms with Gasteiger partial charge in [-0.25, -0.2) is 18.0 Å². The number of esters is 1. The number of carbonyl (C=O) groups is 2. The van der Waals surface area contributed by atoms with E-state index >= 15 is 0 Å². The van der Waals surface area contributed by atoms with E-state index in [0.717, 1.165) is 33.4 Å². The fourth-order valence-electron chi connectivity index (χ4n) is 3.90. The highest BCUT2D eigenvalue weighted by atomic mass is 32.2. The minimum Gasteiger partial charge on any atom is -0.448 e. The first-order valence-corrected chi connectivity index (χ1v) is 11.4. The lowest BCUT2D eigenvalue weighted by molar-refractivity contribution is -0.139. The Kier molecular flexibility index (Phi) is 5.04. The SMILES string of the molecule is CS(=O)(=O)CC[C@H]1C(=O)OCN1C(=O)OCC1c2ccccc2-c2ccccc21. The maximum atomic E-state index is 12.6. The topological polar surface area (TPSA) is 90.0 Å². The molecule has 1 heterocycles. The lowest BCUT2D eigenvalue weighted by Crippen LogP contribution is -2.40. The first-order valence-electron chi connectivity index (χ1n) is 9.31. The average molecular weight is 415 g/mol. The molecule has 1 amide bonds. The van der Waals surface area contributed by atoms with E-state index in [9.17, 15) is 18.0 Å². The Hall–Kier alpha value is -2.87. The van der Waals surface area contributed by atoms with Crippen LogP contribution in [0.15, 0.2) is 48.5 Å². The molecule has 152 valence electrons. The highest BCUT2D eigenvalue weighted by Gasteiger charge is 2.39. The molecular formula is C21H21NO6S. The average Bonchev–Trinajstić information content (AvgIpc) is 3.22. The van der Waals surface area contributed by atoms with Crippen LogP contribution < -0.4 is 0 Å². The van der Waals surface area contributed by atoms with Crippen molar-refractivity contribution < 1.29 is 27.5 Å². The number of sulfone groups is 1. The molecule has 1 atom stereocenters. The van der Waals surface area contributed by atoms with Crippen LogP contribution in [0.2, 0.25) is 0 Å². The van der Waals surface area contributed by atoms with Crippen molar-refractivity contribution in [3.05, 3.63) is 59.7 Å². The number of cyclic esters (lactones) is 1. The molecule has 1 aliphatic carbocycles. The second-order valence-corrected chi connectivity index (χ2v) is 9.56. The number of ether oxygens (including phenoxy) is 2. The summed E-state index contributed by atoms with van der Waals surface area (Å²) in [7, 11) is -3.26. The highest BCUT2D eigenvalue weighted by Crippen LogP contribution is 2.44. The van der Waals surface area contributed by atoms with Crippen LogP contribution in [-0.2, 0) is 24.1 Å². The Morgan fingerprint density at radius 1 is 1.10 bits per heavy atom. The quantitative estimate of drug-likeness (QED) is 0.697. The monoisotopic (exact) mass is 415 g/mol. The van der Waals surface area contributed by atoms with E-state index < -0.39 is 27.9 Å². The number of hydrogen-bond donors (Lipinski definition) is 0. The number of fused-ring (bicyclic) bond motifs is 3. The zero-order valence-corrected chi connectivity index (χ0v) is 16.7. The van der Waals surface area contributed by atoms with E-state index in [-0.39, 0.29) is 31.4 Å². The summed E-state index contributed by atoms with van der Waals surface area (Å²) in [6.07, 6.45) is 0.392. The number of hydrogen-bond acceptors (Lipinski definition) is 6. The molecule has 0 aromatic heterocycles. The fourth-order valence-corrected chi connectivity index (χ4v) is 4.55. The van der Waals surface area contributed by atoms with Crippen LogP contribution in [0.25, 0.3) is 11.1 Å². The van der Waals surface area contributed by atoms with Crippen molar-refractivity contribution in [3.8, 4) is 11.1 Å². The highest BCUT2D eigenvalue weighted by molar-refractivity contribution is 7.90. The third-order valence-electron chi connectivity index (χ3n) is 5.33. The predicted octanol–water partition coefficient (Wildman–Crippen LogP) is 2.56. The summed E-state index contributed by atoms with van der Waals surface area (Å²) in [4.78, 5) is 25.7. The van der Waals surface area contributed by atoms with Gasteiger partial charge in [0.25, 0.3) is 0 Å². The van der Waals surface area contributed by atoms with Gasteiger partial charge in [-0.2, -0.15) is 0 Å². The van der Waals surface area contributed by atoms with Crippen LogP contribution in [0.4, 0.5) is 4.79 Å². The molecule has 0 unspecified atom stereocenters. The summed E-state index contributed by atoms with van der Waals surface area (Å²) in [6, 6.07) is 15.0. The molecule has 1 saturated heterocycles. The molecule has 0 spiro atoms. The van der Waals surface area contributed by atoms with Crippen molar-refractivity contribution in [1.82, 2.24) is 4.90 Å². The third kappa shape index (κ3) is 3.85.